The van der Waals surface area contributed by atoms with Crippen molar-refractivity contribution in [3.8, 4) is 18.2 Å². The second-order valence-corrected chi connectivity index (χ2v) is 36.7. The number of ether oxygens (including phenoxy) is 2. The normalized spacial score (nSPS) is 11.5. The van der Waals surface area contributed by atoms with E-state index in [1.54, 1.807) is 64.1 Å². The van der Waals surface area contributed by atoms with Crippen LogP contribution in [0.2, 0.25) is 0 Å². The van der Waals surface area contributed by atoms with Crippen molar-refractivity contribution in [3.63, 3.8) is 0 Å². The van der Waals surface area contributed by atoms with E-state index in [-0.39, 0.29) is 48.5 Å². The van der Waals surface area contributed by atoms with E-state index < -0.39 is 13.1 Å². The minimum atomic E-state index is -3.36. The fraction of sp³-hybridized carbons (Fsp3) is 0.0873. The van der Waals surface area contributed by atoms with Gasteiger partial charge in [0.25, 0.3) is 5.53 Å². The third kappa shape index (κ3) is 19.1. The number of carbonyl (C=O) groups is 1. The van der Waals surface area contributed by atoms with E-state index in [9.17, 15) is 29.7 Å². The molecule has 0 unspecified atom stereocenters. The van der Waals surface area contributed by atoms with Gasteiger partial charge in [-0.15, -0.1) is 0 Å². The number of anilines is 9. The molecule has 0 radical (unpaired) electrons. The zero-order valence-electron chi connectivity index (χ0n) is 77.9. The molecule has 0 aromatic heterocycles. The van der Waals surface area contributed by atoms with E-state index in [0.717, 1.165) is 101 Å². The Balaban J connectivity index is 0.000000166. The Bertz CT molecular complexity index is 8140. The van der Waals surface area contributed by atoms with E-state index >= 15 is 0 Å². The van der Waals surface area contributed by atoms with Gasteiger partial charge in [0.2, 0.25) is 14.1 Å². The Kier molecular flexibility index (Phi) is 28.8. The van der Waals surface area contributed by atoms with E-state index in [2.05, 4.69) is 365 Å². The maximum absolute atomic E-state index is 13.1. The van der Waals surface area contributed by atoms with E-state index in [4.69, 9.17) is 25.1 Å². The predicted molar refractivity (Wildman–Crippen MR) is 589 cm³/mol. The van der Waals surface area contributed by atoms with Crippen LogP contribution in [0.1, 0.15) is 95.6 Å². The molecule has 0 aliphatic carbocycles. The first-order valence-corrected chi connectivity index (χ1v) is 49.4. The largest absolute Gasteiger partial charge is 0.337 e. The van der Waals surface area contributed by atoms with Crippen molar-refractivity contribution in [3.05, 3.63) is 467 Å². The van der Waals surface area contributed by atoms with Gasteiger partial charge in [-0.1, -0.05) is 329 Å². The molecule has 0 saturated heterocycles. The van der Waals surface area contributed by atoms with Crippen LogP contribution < -0.4 is 14.7 Å². The van der Waals surface area contributed by atoms with Crippen molar-refractivity contribution in [1.82, 2.24) is 0 Å². The van der Waals surface area contributed by atoms with Gasteiger partial charge in [-0.2, -0.15) is 15.8 Å². The number of carbonyl (C=O) groups excluding carboxylic acids is 1. The van der Waals surface area contributed by atoms with Crippen LogP contribution in [0.4, 0.5) is 56.9 Å². The van der Waals surface area contributed by atoms with Crippen LogP contribution in [0, 0.1) is 40.6 Å². The number of fused-ring (bicyclic) bond motifs is 10. The lowest BCUT2D eigenvalue weighted by molar-refractivity contribution is -0.176. The molecule has 0 amide bonds. The molecule has 21 aromatic rings. The first-order chi connectivity index (χ1) is 69.3. The molecule has 21 rings (SSSR count). The highest BCUT2D eigenvalue weighted by molar-refractivity contribution is 7.53. The van der Waals surface area contributed by atoms with Crippen LogP contribution in [0.25, 0.3) is 137 Å². The molecule has 0 atom stereocenters. The van der Waals surface area contributed by atoms with Gasteiger partial charge < -0.3 is 33.2 Å². The van der Waals surface area contributed by atoms with E-state index in [0.29, 0.717) is 60.6 Å². The van der Waals surface area contributed by atoms with Gasteiger partial charge in [-0.3, -0.25) is 13.9 Å². The highest BCUT2D eigenvalue weighted by Gasteiger charge is 2.37. The van der Waals surface area contributed by atoms with Crippen molar-refractivity contribution in [2.45, 2.75) is 46.8 Å². The van der Waals surface area contributed by atoms with E-state index in [1.165, 1.54) is 64.6 Å². The highest BCUT2D eigenvalue weighted by Crippen LogP contribution is 2.53. The second-order valence-electron chi connectivity index (χ2n) is 33.9. The molecule has 142 heavy (non-hydrogen) atoms. The quantitative estimate of drug-likeness (QED) is 0.0125. The van der Waals surface area contributed by atoms with Crippen molar-refractivity contribution in [1.29, 1.82) is 15.8 Å². The number of nitrogens with zero attached hydrogens (tertiary/aromatic N) is 7. The zero-order chi connectivity index (χ0) is 96.9. The highest BCUT2D eigenvalue weighted by atomic mass is 31.2. The molecule has 0 heterocycles. The van der Waals surface area contributed by atoms with Gasteiger partial charge in [0.1, 0.15) is 24.5 Å². The standard InChI is InChI=1S/C72H46N4.C27H19NO.C26H28N2O6P2.CH4/c1-74-72-64-45-39-51(32-30-49-34-40-57(41-35-49)75(68-26-10-18-53-14-2-6-22-59(53)68)69-27-11-19-54-15-3-7-23-60(54)69)46-65(64)67(48-73)63-44-38-52(47-66(63)72)33-31-50-36-42-58(43-37-50)76(70-28-12-20-55-16-4-8-24-61(55)70)71-29-13-21-56-17-5-9-25-62(56)71;29-19-20-15-17-23(18-16-20)28(26-13-5-9-21-7-1-3-11-24(21)26)27-14-6-10-22-8-2-4-12-25(22)27;1-5-31-26(35-29,32-6-2)19-10-12-21-23(14-19)25(16-28)20-11-9-18(13-22(20)24(21)15-27)17-36(30,33-7-3)34-8-4;/h2-47H;1-19H;9-14H,5-8,17H2,1-4H3;1H4. The molecule has 0 spiro atoms. The predicted octanol–water partition coefficient (Wildman–Crippen LogP) is 35.2. The summed E-state index contributed by atoms with van der Waals surface area (Å²) in [6.07, 6.45) is 9.29. The lowest BCUT2D eigenvalue weighted by Crippen LogP contribution is -2.27. The molecule has 0 bridgehead atoms. The summed E-state index contributed by atoms with van der Waals surface area (Å²) in [5.41, 5.74) is 15.9. The minimum Gasteiger partial charge on any atom is -0.337 e. The van der Waals surface area contributed by atoms with Crippen molar-refractivity contribution >= 4 is 211 Å². The van der Waals surface area contributed by atoms with Crippen LogP contribution in [0.15, 0.2) is 400 Å². The lowest BCUT2D eigenvalue weighted by Gasteiger charge is -2.28. The number of hydrogen-bond donors (Lipinski definition) is 0. The van der Waals surface area contributed by atoms with Gasteiger partial charge in [0, 0.05) is 95.3 Å². The molecule has 0 aliphatic rings. The number of hydrogen-bond acceptors (Lipinski definition) is 13. The molecule has 14 nitrogen and oxygen atoms in total. The fourth-order valence-corrected chi connectivity index (χ4v) is 21.4. The van der Waals surface area contributed by atoms with Crippen molar-refractivity contribution in [2.75, 3.05) is 41.1 Å². The van der Waals surface area contributed by atoms with Crippen LogP contribution in [0.3, 0.4) is 0 Å². The average Bonchev–Trinajstić information content (AvgIpc) is 0.749. The molecule has 0 fully saturated rings. The smallest absolute Gasteiger partial charge is 0.335 e. The SMILES string of the molecule is C.CCOC(OCC)(P=O)c1ccc2c(C#N)c3cc(CP(=O)(OCC)OCC)ccc3c(C#N)c2c1.O=Cc1ccc(N(c2cccc3ccccc23)c2cccc3ccccc23)cc1.[C-]#[N+]c1c2ccc(C=Cc3ccc(N(c4cccc5ccccc45)c4cccc5ccccc45)cc3)cc2c(C#N)c2ccc(C=Cc3ccc(N(c4cccc5ccccc45)c4cccc5ccccc45)cc3)cc12. The summed E-state index contributed by atoms with van der Waals surface area (Å²) in [6.45, 7) is 16.4. The Labute approximate surface area is 827 Å². The summed E-state index contributed by atoms with van der Waals surface area (Å²) in [6, 6.07) is 144. The summed E-state index contributed by atoms with van der Waals surface area (Å²) in [7, 11) is -3.74. The Hall–Kier alpha value is -17.1. The topological polar surface area (TPSA) is 174 Å². The van der Waals surface area contributed by atoms with Crippen LogP contribution in [-0.2, 0) is 39.3 Å². The number of aldehydes is 1. The Morgan fingerprint density at radius 3 is 0.944 bits per heavy atom. The molecule has 0 saturated carbocycles. The summed E-state index contributed by atoms with van der Waals surface area (Å²) in [5, 5.41) is 50.4. The van der Waals surface area contributed by atoms with Gasteiger partial charge in [0.05, 0.1) is 76.8 Å². The monoisotopic (exact) mass is 1880 g/mol. The number of rotatable bonds is 26. The van der Waals surface area contributed by atoms with Gasteiger partial charge in [-0.05, 0) is 213 Å². The molecule has 0 N–H and O–H groups in total. The number of benzene rings is 21. The van der Waals surface area contributed by atoms with Gasteiger partial charge in [0.15, 0.2) is 0 Å². The van der Waals surface area contributed by atoms with Crippen molar-refractivity contribution in [2.24, 2.45) is 0 Å². The molecular weight excluding hydrogens is 1790 g/mol. The van der Waals surface area contributed by atoms with Crippen LogP contribution in [0.5, 0.6) is 0 Å². The van der Waals surface area contributed by atoms with Crippen LogP contribution in [-0.4, -0.2) is 32.7 Å². The van der Waals surface area contributed by atoms with Crippen LogP contribution >= 0.6 is 16.1 Å². The van der Waals surface area contributed by atoms with E-state index in [1.807, 2.05) is 60.7 Å². The first-order valence-electron chi connectivity index (χ1n) is 46.8. The summed E-state index contributed by atoms with van der Waals surface area (Å²) in [5.74, 6) is 0. The third-order valence-corrected chi connectivity index (χ3v) is 28.3. The Morgan fingerprint density at radius 1 is 0.324 bits per heavy atom. The number of nitriles is 3. The second kappa shape index (κ2) is 42.9. The summed E-state index contributed by atoms with van der Waals surface area (Å²) >= 11 is 0. The third-order valence-electron chi connectivity index (χ3n) is 25.5. The fourth-order valence-electron chi connectivity index (χ4n) is 19.2. The zero-order valence-corrected chi connectivity index (χ0v) is 79.7. The molecule has 688 valence electrons. The summed E-state index contributed by atoms with van der Waals surface area (Å²) in [4.78, 5) is 22.2. The first kappa shape index (κ1) is 95.2. The molecule has 0 aliphatic heterocycles. The molecule has 21 aromatic carbocycles. The average molecular weight is 1880 g/mol. The summed E-state index contributed by atoms with van der Waals surface area (Å²) < 4.78 is 47.5. The van der Waals surface area contributed by atoms with Gasteiger partial charge in [-0.25, -0.2) is 4.85 Å². The molecule has 16 heteroatoms. The van der Waals surface area contributed by atoms with Crippen molar-refractivity contribution < 1.29 is 32.4 Å². The lowest BCUT2D eigenvalue weighted by atomic mass is 9.90. The maximum atomic E-state index is 13.1. The molecular formula is C126H97N7O7P2. The van der Waals surface area contributed by atoms with Gasteiger partial charge >= 0.3 is 7.60 Å². The Morgan fingerprint density at radius 2 is 0.613 bits per heavy atom. The maximum Gasteiger partial charge on any atom is 0.335 e. The minimum absolute atomic E-state index is 0.